The number of anilines is 2. The molecule has 27 heavy (non-hydrogen) atoms. The number of hydrogen-bond donors (Lipinski definition) is 1. The third kappa shape index (κ3) is 4.96. The number of amides is 1. The number of carbonyl (C=O) groups is 2. The Balaban J connectivity index is 1.54. The quantitative estimate of drug-likeness (QED) is 0.734. The number of rotatable bonds is 5. The van der Waals surface area contributed by atoms with Crippen molar-refractivity contribution in [3.63, 3.8) is 0 Å². The van der Waals surface area contributed by atoms with Crippen LogP contribution >= 0.6 is 15.9 Å². The molecule has 2 aromatic rings. The van der Waals surface area contributed by atoms with E-state index >= 15 is 0 Å². The highest BCUT2D eigenvalue weighted by Gasteiger charge is 2.25. The maximum absolute atomic E-state index is 12.6. The number of benzene rings is 2. The monoisotopic (exact) mass is 429 g/mol. The minimum Gasteiger partial charge on any atom is -0.369 e. The van der Waals surface area contributed by atoms with Crippen LogP contribution in [0.2, 0.25) is 0 Å². The van der Waals surface area contributed by atoms with Crippen molar-refractivity contribution in [2.24, 2.45) is 0 Å². The van der Waals surface area contributed by atoms with E-state index in [2.05, 4.69) is 31.0 Å². The third-order valence-electron chi connectivity index (χ3n) is 4.97. The van der Waals surface area contributed by atoms with Crippen molar-refractivity contribution in [2.45, 2.75) is 19.9 Å². The predicted octanol–water partition coefficient (Wildman–Crippen LogP) is 3.80. The number of nitrogens with zero attached hydrogens (tertiary/aromatic N) is 2. The predicted molar refractivity (Wildman–Crippen MR) is 112 cm³/mol. The SMILES string of the molecule is CC(=O)c1ccc(N2CCN(C(C)C(=O)Nc3cccc(Br)c3)CC2)cc1. The van der Waals surface area contributed by atoms with Gasteiger partial charge < -0.3 is 10.2 Å². The number of carbonyl (C=O) groups excluding carboxylic acids is 2. The first-order valence-electron chi connectivity index (χ1n) is 9.10. The highest BCUT2D eigenvalue weighted by molar-refractivity contribution is 9.10. The Morgan fingerprint density at radius 2 is 1.70 bits per heavy atom. The molecule has 2 aromatic carbocycles. The van der Waals surface area contributed by atoms with Crippen molar-refractivity contribution >= 4 is 39.0 Å². The van der Waals surface area contributed by atoms with Gasteiger partial charge >= 0.3 is 0 Å². The second-order valence-electron chi connectivity index (χ2n) is 6.80. The molecular formula is C21H24BrN3O2. The molecule has 6 heteroatoms. The Morgan fingerprint density at radius 3 is 2.30 bits per heavy atom. The summed E-state index contributed by atoms with van der Waals surface area (Å²) in [6.07, 6.45) is 0. The van der Waals surface area contributed by atoms with E-state index in [1.807, 2.05) is 55.5 Å². The number of ketones is 1. The highest BCUT2D eigenvalue weighted by atomic mass is 79.9. The second-order valence-corrected chi connectivity index (χ2v) is 7.72. The van der Waals surface area contributed by atoms with Gasteiger partial charge in [-0.05, 0) is 56.3 Å². The number of Topliss-reactive ketones (excluding diaryl/α,β-unsaturated/α-hetero) is 1. The summed E-state index contributed by atoms with van der Waals surface area (Å²) in [5.41, 5.74) is 2.64. The lowest BCUT2D eigenvalue weighted by molar-refractivity contribution is -0.120. The number of piperazine rings is 1. The smallest absolute Gasteiger partial charge is 0.241 e. The number of hydrogen-bond acceptors (Lipinski definition) is 4. The van der Waals surface area contributed by atoms with Crippen LogP contribution in [-0.4, -0.2) is 48.8 Å². The molecule has 1 aliphatic rings. The number of halogens is 1. The van der Waals surface area contributed by atoms with E-state index in [1.54, 1.807) is 6.92 Å². The maximum Gasteiger partial charge on any atom is 0.241 e. The highest BCUT2D eigenvalue weighted by Crippen LogP contribution is 2.20. The van der Waals surface area contributed by atoms with Gasteiger partial charge in [-0.3, -0.25) is 14.5 Å². The van der Waals surface area contributed by atoms with Gasteiger partial charge in [0, 0.05) is 47.6 Å². The van der Waals surface area contributed by atoms with Gasteiger partial charge in [-0.2, -0.15) is 0 Å². The first kappa shape index (κ1) is 19.6. The maximum atomic E-state index is 12.6. The molecule has 1 N–H and O–H groups in total. The van der Waals surface area contributed by atoms with Crippen molar-refractivity contribution in [2.75, 3.05) is 36.4 Å². The zero-order valence-electron chi connectivity index (χ0n) is 15.6. The second kappa shape index (κ2) is 8.67. The van der Waals surface area contributed by atoms with Gasteiger partial charge in [-0.1, -0.05) is 22.0 Å². The summed E-state index contributed by atoms with van der Waals surface area (Å²) in [6.45, 7) is 6.88. The fourth-order valence-corrected chi connectivity index (χ4v) is 3.65. The van der Waals surface area contributed by atoms with Gasteiger partial charge in [0.15, 0.2) is 5.78 Å². The van der Waals surface area contributed by atoms with Gasteiger partial charge in [-0.25, -0.2) is 0 Å². The van der Waals surface area contributed by atoms with Crippen LogP contribution in [0.15, 0.2) is 53.0 Å². The summed E-state index contributed by atoms with van der Waals surface area (Å²) in [5.74, 6) is 0.0870. The lowest BCUT2D eigenvalue weighted by atomic mass is 10.1. The molecule has 1 unspecified atom stereocenters. The lowest BCUT2D eigenvalue weighted by Crippen LogP contribution is -2.52. The van der Waals surface area contributed by atoms with Crippen LogP contribution in [-0.2, 0) is 4.79 Å². The molecule has 0 aromatic heterocycles. The molecule has 0 spiro atoms. The zero-order valence-corrected chi connectivity index (χ0v) is 17.2. The molecule has 142 valence electrons. The van der Waals surface area contributed by atoms with Crippen LogP contribution in [0, 0.1) is 0 Å². The van der Waals surface area contributed by atoms with Crippen LogP contribution in [0.3, 0.4) is 0 Å². The van der Waals surface area contributed by atoms with Crippen molar-refractivity contribution < 1.29 is 9.59 Å². The molecule has 0 saturated carbocycles. The minimum absolute atomic E-state index is 0.00682. The standard InChI is InChI=1S/C21H24BrN3O2/c1-15(21(27)23-19-5-3-4-18(22)14-19)24-10-12-25(13-11-24)20-8-6-17(7-9-20)16(2)26/h3-9,14-15H,10-13H2,1-2H3,(H,23,27). The Bertz CT molecular complexity index is 814. The molecular weight excluding hydrogens is 406 g/mol. The summed E-state index contributed by atoms with van der Waals surface area (Å²) in [6, 6.07) is 15.2. The molecule has 1 amide bonds. The van der Waals surface area contributed by atoms with E-state index in [9.17, 15) is 9.59 Å². The Hall–Kier alpha value is -2.18. The Labute approximate surface area is 168 Å². The summed E-state index contributed by atoms with van der Waals surface area (Å²) in [7, 11) is 0. The molecule has 0 bridgehead atoms. The van der Waals surface area contributed by atoms with Crippen LogP contribution < -0.4 is 10.2 Å². The van der Waals surface area contributed by atoms with Gasteiger partial charge in [0.25, 0.3) is 0 Å². The largest absolute Gasteiger partial charge is 0.369 e. The molecule has 1 atom stereocenters. The lowest BCUT2D eigenvalue weighted by Gasteiger charge is -2.38. The minimum atomic E-state index is -0.189. The summed E-state index contributed by atoms with van der Waals surface area (Å²) in [5, 5.41) is 2.98. The van der Waals surface area contributed by atoms with E-state index in [-0.39, 0.29) is 17.7 Å². The van der Waals surface area contributed by atoms with E-state index in [1.165, 1.54) is 0 Å². The molecule has 1 aliphatic heterocycles. The first-order chi connectivity index (χ1) is 12.9. The van der Waals surface area contributed by atoms with Gasteiger partial charge in [0.2, 0.25) is 5.91 Å². The van der Waals surface area contributed by atoms with Gasteiger partial charge in [0.05, 0.1) is 6.04 Å². The van der Waals surface area contributed by atoms with E-state index in [4.69, 9.17) is 0 Å². The molecule has 0 radical (unpaired) electrons. The molecule has 3 rings (SSSR count). The van der Waals surface area contributed by atoms with E-state index < -0.39 is 0 Å². The number of nitrogens with one attached hydrogen (secondary N) is 1. The van der Waals surface area contributed by atoms with Crippen molar-refractivity contribution in [1.29, 1.82) is 0 Å². The summed E-state index contributed by atoms with van der Waals surface area (Å²) in [4.78, 5) is 28.5. The van der Waals surface area contributed by atoms with Gasteiger partial charge in [-0.15, -0.1) is 0 Å². The topological polar surface area (TPSA) is 52.7 Å². The molecule has 1 saturated heterocycles. The van der Waals surface area contributed by atoms with E-state index in [0.717, 1.165) is 47.6 Å². The van der Waals surface area contributed by atoms with Crippen molar-refractivity contribution in [1.82, 2.24) is 4.90 Å². The fraction of sp³-hybridized carbons (Fsp3) is 0.333. The molecule has 1 heterocycles. The van der Waals surface area contributed by atoms with Crippen LogP contribution in [0.1, 0.15) is 24.2 Å². The normalized spacial score (nSPS) is 16.0. The van der Waals surface area contributed by atoms with Crippen LogP contribution in [0.5, 0.6) is 0 Å². The summed E-state index contributed by atoms with van der Waals surface area (Å²) < 4.78 is 0.942. The van der Waals surface area contributed by atoms with Gasteiger partial charge in [0.1, 0.15) is 0 Å². The zero-order chi connectivity index (χ0) is 19.4. The average Bonchev–Trinajstić information content (AvgIpc) is 2.67. The molecule has 1 fully saturated rings. The fourth-order valence-electron chi connectivity index (χ4n) is 3.25. The van der Waals surface area contributed by atoms with Crippen LogP contribution in [0.4, 0.5) is 11.4 Å². The molecule has 0 aliphatic carbocycles. The average molecular weight is 430 g/mol. The molecule has 5 nitrogen and oxygen atoms in total. The third-order valence-corrected chi connectivity index (χ3v) is 5.47. The van der Waals surface area contributed by atoms with Crippen LogP contribution in [0.25, 0.3) is 0 Å². The van der Waals surface area contributed by atoms with Crippen molar-refractivity contribution in [3.05, 3.63) is 58.6 Å². The Morgan fingerprint density at radius 1 is 1.04 bits per heavy atom. The Kier molecular flexibility index (Phi) is 6.29. The van der Waals surface area contributed by atoms with E-state index in [0.29, 0.717) is 0 Å². The first-order valence-corrected chi connectivity index (χ1v) is 9.90. The summed E-state index contributed by atoms with van der Waals surface area (Å²) >= 11 is 3.42. The van der Waals surface area contributed by atoms with Crippen molar-refractivity contribution in [3.8, 4) is 0 Å².